The van der Waals surface area contributed by atoms with Gasteiger partial charge in [0.15, 0.2) is 0 Å². The molecular weight excluding hydrogens is 312 g/mol. The molecule has 132 valence electrons. The Kier molecular flexibility index (Phi) is 5.31. The Balaban J connectivity index is 1.72. The van der Waals surface area contributed by atoms with E-state index in [1.807, 2.05) is 32.0 Å². The minimum atomic E-state index is -0.0397. The highest BCUT2D eigenvalue weighted by Gasteiger charge is 2.27. The fraction of sp³-hybridized carbons (Fsp3) is 0.450. The summed E-state index contributed by atoms with van der Waals surface area (Å²) in [6, 6.07) is 8.06. The SMILES string of the molecule is CCc1cccc(C)c1NC(=O)C1CCCN(c2nccc(C)n2)C1. The zero-order valence-corrected chi connectivity index (χ0v) is 15.2. The Morgan fingerprint density at radius 3 is 2.92 bits per heavy atom. The standard InChI is InChI=1S/C20H26N4O/c1-4-16-8-5-7-14(2)18(16)23-19(25)17-9-6-12-24(13-17)20-21-11-10-15(3)22-20/h5,7-8,10-11,17H,4,6,9,12-13H2,1-3H3,(H,23,25). The van der Waals surface area contributed by atoms with Crippen molar-refractivity contribution in [3.63, 3.8) is 0 Å². The second-order valence-corrected chi connectivity index (χ2v) is 6.74. The molecule has 0 saturated carbocycles. The zero-order chi connectivity index (χ0) is 17.8. The van der Waals surface area contributed by atoms with Crippen LogP contribution in [-0.2, 0) is 11.2 Å². The summed E-state index contributed by atoms with van der Waals surface area (Å²) in [6.07, 6.45) is 4.57. The molecule has 1 saturated heterocycles. The average molecular weight is 338 g/mol. The molecule has 1 aromatic carbocycles. The number of nitrogens with one attached hydrogen (secondary N) is 1. The Labute approximate surface area is 149 Å². The molecule has 5 nitrogen and oxygen atoms in total. The van der Waals surface area contributed by atoms with Crippen molar-refractivity contribution in [1.29, 1.82) is 0 Å². The number of nitrogens with zero attached hydrogens (tertiary/aromatic N) is 3. The van der Waals surface area contributed by atoms with Gasteiger partial charge in [-0.1, -0.05) is 25.1 Å². The number of carbonyl (C=O) groups is 1. The number of carbonyl (C=O) groups excluding carboxylic acids is 1. The van der Waals surface area contributed by atoms with Crippen LogP contribution in [0.2, 0.25) is 0 Å². The largest absolute Gasteiger partial charge is 0.340 e. The lowest BCUT2D eigenvalue weighted by atomic mass is 9.96. The summed E-state index contributed by atoms with van der Waals surface area (Å²) in [4.78, 5) is 23.8. The number of amides is 1. The lowest BCUT2D eigenvalue weighted by Gasteiger charge is -2.32. The van der Waals surface area contributed by atoms with E-state index in [1.165, 1.54) is 5.56 Å². The number of anilines is 2. The molecule has 1 N–H and O–H groups in total. The summed E-state index contributed by atoms with van der Waals surface area (Å²) < 4.78 is 0. The van der Waals surface area contributed by atoms with Gasteiger partial charge in [-0.25, -0.2) is 9.97 Å². The minimum absolute atomic E-state index is 0.0397. The average Bonchev–Trinajstić information content (AvgIpc) is 2.63. The number of aromatic nitrogens is 2. The molecule has 25 heavy (non-hydrogen) atoms. The van der Waals surface area contributed by atoms with Gasteiger partial charge in [0, 0.05) is 30.7 Å². The molecule has 1 amide bonds. The first-order chi connectivity index (χ1) is 12.1. The second kappa shape index (κ2) is 7.64. The number of para-hydroxylation sites is 1. The zero-order valence-electron chi connectivity index (χ0n) is 15.2. The fourth-order valence-electron chi connectivity index (χ4n) is 3.39. The van der Waals surface area contributed by atoms with Gasteiger partial charge >= 0.3 is 0 Å². The van der Waals surface area contributed by atoms with Gasteiger partial charge in [0.2, 0.25) is 11.9 Å². The van der Waals surface area contributed by atoms with Gasteiger partial charge in [0.05, 0.1) is 5.92 Å². The Morgan fingerprint density at radius 1 is 1.32 bits per heavy atom. The molecule has 0 aliphatic carbocycles. The predicted octanol–water partition coefficient (Wildman–Crippen LogP) is 3.51. The topological polar surface area (TPSA) is 58.1 Å². The van der Waals surface area contributed by atoms with Crippen molar-refractivity contribution in [2.24, 2.45) is 5.92 Å². The summed E-state index contributed by atoms with van der Waals surface area (Å²) in [5.74, 6) is 0.783. The summed E-state index contributed by atoms with van der Waals surface area (Å²) in [5.41, 5.74) is 4.22. The molecule has 1 aliphatic rings. The molecule has 2 aromatic rings. The third-order valence-corrected chi connectivity index (χ3v) is 4.85. The van der Waals surface area contributed by atoms with Crippen LogP contribution < -0.4 is 10.2 Å². The van der Waals surface area contributed by atoms with Crippen molar-refractivity contribution in [2.75, 3.05) is 23.3 Å². The third-order valence-electron chi connectivity index (χ3n) is 4.85. The van der Waals surface area contributed by atoms with E-state index >= 15 is 0 Å². The normalized spacial score (nSPS) is 17.4. The molecule has 1 atom stereocenters. The van der Waals surface area contributed by atoms with E-state index in [1.54, 1.807) is 6.20 Å². The highest BCUT2D eigenvalue weighted by atomic mass is 16.1. The maximum Gasteiger partial charge on any atom is 0.229 e. The first-order valence-corrected chi connectivity index (χ1v) is 9.02. The van der Waals surface area contributed by atoms with Crippen LogP contribution in [0.3, 0.4) is 0 Å². The molecule has 1 aromatic heterocycles. The number of benzene rings is 1. The monoisotopic (exact) mass is 338 g/mol. The van der Waals surface area contributed by atoms with Gasteiger partial charge in [-0.05, 0) is 50.3 Å². The number of aryl methyl sites for hydroxylation is 3. The molecule has 1 aliphatic heterocycles. The summed E-state index contributed by atoms with van der Waals surface area (Å²) in [6.45, 7) is 7.69. The molecule has 1 fully saturated rings. The molecule has 0 spiro atoms. The van der Waals surface area contributed by atoms with E-state index in [-0.39, 0.29) is 11.8 Å². The van der Waals surface area contributed by atoms with E-state index in [4.69, 9.17) is 0 Å². The lowest BCUT2D eigenvalue weighted by Crippen LogP contribution is -2.41. The van der Waals surface area contributed by atoms with Crippen LogP contribution in [0, 0.1) is 19.8 Å². The predicted molar refractivity (Wildman–Crippen MR) is 101 cm³/mol. The van der Waals surface area contributed by atoms with E-state index in [0.29, 0.717) is 6.54 Å². The van der Waals surface area contributed by atoms with Crippen LogP contribution in [0.4, 0.5) is 11.6 Å². The van der Waals surface area contributed by atoms with Crippen LogP contribution in [0.15, 0.2) is 30.5 Å². The molecule has 5 heteroatoms. The van der Waals surface area contributed by atoms with E-state index in [0.717, 1.165) is 48.7 Å². The van der Waals surface area contributed by atoms with Gasteiger partial charge in [0.1, 0.15) is 0 Å². The van der Waals surface area contributed by atoms with Crippen molar-refractivity contribution >= 4 is 17.5 Å². The summed E-state index contributed by atoms with van der Waals surface area (Å²) in [7, 11) is 0. The molecule has 0 radical (unpaired) electrons. The van der Waals surface area contributed by atoms with Crippen LogP contribution in [0.5, 0.6) is 0 Å². The Bertz CT molecular complexity index is 759. The van der Waals surface area contributed by atoms with Gasteiger partial charge in [-0.15, -0.1) is 0 Å². The Hall–Kier alpha value is -2.43. The van der Waals surface area contributed by atoms with E-state index in [9.17, 15) is 4.79 Å². The first-order valence-electron chi connectivity index (χ1n) is 9.02. The minimum Gasteiger partial charge on any atom is -0.340 e. The van der Waals surface area contributed by atoms with Crippen LogP contribution in [-0.4, -0.2) is 29.0 Å². The smallest absolute Gasteiger partial charge is 0.229 e. The van der Waals surface area contributed by atoms with Crippen molar-refractivity contribution < 1.29 is 4.79 Å². The molecule has 1 unspecified atom stereocenters. The third kappa shape index (κ3) is 3.98. The van der Waals surface area contributed by atoms with Gasteiger partial charge in [-0.2, -0.15) is 0 Å². The fourth-order valence-corrected chi connectivity index (χ4v) is 3.39. The van der Waals surface area contributed by atoms with Gasteiger partial charge < -0.3 is 10.2 Å². The lowest BCUT2D eigenvalue weighted by molar-refractivity contribution is -0.120. The van der Waals surface area contributed by atoms with Gasteiger partial charge in [0.25, 0.3) is 0 Å². The molecule has 3 rings (SSSR count). The van der Waals surface area contributed by atoms with Crippen molar-refractivity contribution in [3.8, 4) is 0 Å². The highest BCUT2D eigenvalue weighted by Crippen LogP contribution is 2.25. The first kappa shape index (κ1) is 17.4. The van der Waals surface area contributed by atoms with Crippen molar-refractivity contribution in [2.45, 2.75) is 40.0 Å². The van der Waals surface area contributed by atoms with Crippen LogP contribution in [0.25, 0.3) is 0 Å². The van der Waals surface area contributed by atoms with Gasteiger partial charge in [-0.3, -0.25) is 4.79 Å². The molecule has 0 bridgehead atoms. The highest BCUT2D eigenvalue weighted by molar-refractivity contribution is 5.94. The second-order valence-electron chi connectivity index (χ2n) is 6.74. The van der Waals surface area contributed by atoms with Crippen LogP contribution >= 0.6 is 0 Å². The number of piperidine rings is 1. The molecular formula is C20H26N4O. The van der Waals surface area contributed by atoms with Crippen molar-refractivity contribution in [3.05, 3.63) is 47.3 Å². The van der Waals surface area contributed by atoms with Crippen LogP contribution in [0.1, 0.15) is 36.6 Å². The summed E-state index contributed by atoms with van der Waals surface area (Å²) >= 11 is 0. The van der Waals surface area contributed by atoms with Crippen molar-refractivity contribution in [1.82, 2.24) is 9.97 Å². The number of hydrogen-bond acceptors (Lipinski definition) is 4. The quantitative estimate of drug-likeness (QED) is 0.927. The number of hydrogen-bond donors (Lipinski definition) is 1. The van der Waals surface area contributed by atoms with E-state index in [2.05, 4.69) is 33.2 Å². The summed E-state index contributed by atoms with van der Waals surface area (Å²) in [5, 5.41) is 3.18. The maximum absolute atomic E-state index is 12.9. The molecule has 2 heterocycles. The Morgan fingerprint density at radius 2 is 2.16 bits per heavy atom. The maximum atomic E-state index is 12.9. The van der Waals surface area contributed by atoms with E-state index < -0.39 is 0 Å². The number of rotatable bonds is 4.